The van der Waals surface area contributed by atoms with Crippen LogP contribution in [0.4, 0.5) is 0 Å². The third kappa shape index (κ3) is 3.26. The Morgan fingerprint density at radius 2 is 1.69 bits per heavy atom. The number of rotatable bonds is 5. The van der Waals surface area contributed by atoms with Crippen LogP contribution in [-0.4, -0.2) is 7.28 Å². The quantitative estimate of drug-likeness (QED) is 0.623. The second-order valence-corrected chi connectivity index (χ2v) is 4.90. The van der Waals surface area contributed by atoms with E-state index in [1.807, 2.05) is 0 Å². The maximum atomic E-state index is 4.18. The fourth-order valence-electron chi connectivity index (χ4n) is 1.73. The number of benzene rings is 1. The van der Waals surface area contributed by atoms with E-state index in [0.717, 1.165) is 18.3 Å². The van der Waals surface area contributed by atoms with Crippen LogP contribution in [-0.2, 0) is 0 Å². The van der Waals surface area contributed by atoms with Crippen LogP contribution in [0.3, 0.4) is 0 Å². The van der Waals surface area contributed by atoms with E-state index in [1.165, 1.54) is 11.1 Å². The molecule has 16 heavy (non-hydrogen) atoms. The third-order valence-corrected chi connectivity index (χ3v) is 3.56. The van der Waals surface area contributed by atoms with Crippen LogP contribution in [0.2, 0.25) is 5.31 Å². The van der Waals surface area contributed by atoms with Crippen molar-refractivity contribution in [2.75, 3.05) is 0 Å². The molecule has 0 aromatic heterocycles. The highest BCUT2D eigenvalue weighted by Gasteiger charge is 2.22. The van der Waals surface area contributed by atoms with E-state index in [0.29, 0.717) is 0 Å². The summed E-state index contributed by atoms with van der Waals surface area (Å²) in [5.41, 5.74) is 3.68. The van der Waals surface area contributed by atoms with Crippen LogP contribution < -0.4 is 0 Å². The smallest absolute Gasteiger partial charge is 0.105 e. The number of aryl methyl sites for hydroxylation is 1. The van der Waals surface area contributed by atoms with Crippen molar-refractivity contribution in [2.24, 2.45) is 0 Å². The maximum absolute atomic E-state index is 4.18. The van der Waals surface area contributed by atoms with E-state index in [4.69, 9.17) is 0 Å². The predicted octanol–water partition coefficient (Wildman–Crippen LogP) is 4.67. The molecule has 85 valence electrons. The molecule has 0 spiro atoms. The van der Waals surface area contributed by atoms with E-state index in [2.05, 4.69) is 65.8 Å². The molecular weight excluding hydrogens is 191 g/mol. The minimum absolute atomic E-state index is 0.280. The zero-order chi connectivity index (χ0) is 12.2. The lowest BCUT2D eigenvalue weighted by molar-refractivity contribution is 0.566. The SMILES string of the molecule is C=C([B]C(C)(CC)CC)c1ccc(C)cc1. The summed E-state index contributed by atoms with van der Waals surface area (Å²) < 4.78 is 0. The van der Waals surface area contributed by atoms with Crippen molar-refractivity contribution in [1.82, 2.24) is 0 Å². The standard InChI is InChI=1S/C15H22B/c1-6-15(5,7-2)16-13(4)14-10-8-12(3)9-11-14/h8-11H,4,6-7H2,1-3,5H3. The first-order chi connectivity index (χ1) is 7.50. The summed E-state index contributed by atoms with van der Waals surface area (Å²) in [7, 11) is 2.32. The summed E-state index contributed by atoms with van der Waals surface area (Å²) in [6, 6.07) is 8.59. The summed E-state index contributed by atoms with van der Waals surface area (Å²) in [6.45, 7) is 13.1. The molecule has 0 aliphatic heterocycles. The predicted molar refractivity (Wildman–Crippen MR) is 74.9 cm³/mol. The van der Waals surface area contributed by atoms with E-state index in [1.54, 1.807) is 0 Å². The molecule has 1 aromatic rings. The second kappa shape index (κ2) is 5.38. The Kier molecular flexibility index (Phi) is 4.40. The van der Waals surface area contributed by atoms with Gasteiger partial charge in [-0.3, -0.25) is 0 Å². The van der Waals surface area contributed by atoms with Crippen molar-refractivity contribution in [3.63, 3.8) is 0 Å². The Hall–Kier alpha value is -0.975. The largest absolute Gasteiger partial charge is 0.158 e. The Bertz CT molecular complexity index is 344. The molecule has 0 amide bonds. The molecule has 0 bridgehead atoms. The lowest BCUT2D eigenvalue weighted by atomic mass is 9.46. The molecule has 1 heteroatoms. The summed E-state index contributed by atoms with van der Waals surface area (Å²) in [5, 5.41) is 0.280. The van der Waals surface area contributed by atoms with E-state index in [9.17, 15) is 0 Å². The molecular formula is C15H22B. The molecule has 1 radical (unpaired) electrons. The number of hydrogen-bond acceptors (Lipinski definition) is 0. The van der Waals surface area contributed by atoms with Gasteiger partial charge >= 0.3 is 0 Å². The summed E-state index contributed by atoms with van der Waals surface area (Å²) in [6.07, 6.45) is 2.32. The molecule has 1 aromatic carbocycles. The molecule has 0 unspecified atom stereocenters. The Morgan fingerprint density at radius 1 is 1.19 bits per heavy atom. The average molecular weight is 213 g/mol. The zero-order valence-corrected chi connectivity index (χ0v) is 11.0. The monoisotopic (exact) mass is 213 g/mol. The number of hydrogen-bond donors (Lipinski definition) is 0. The highest BCUT2D eigenvalue weighted by atomic mass is 14.1. The van der Waals surface area contributed by atoms with Gasteiger partial charge in [0.15, 0.2) is 7.28 Å². The average Bonchev–Trinajstić information content (AvgIpc) is 2.29. The van der Waals surface area contributed by atoms with Crippen LogP contribution in [0.5, 0.6) is 0 Å². The van der Waals surface area contributed by atoms with Gasteiger partial charge in [-0.2, -0.15) is 0 Å². The van der Waals surface area contributed by atoms with Crippen LogP contribution in [0.1, 0.15) is 44.7 Å². The topological polar surface area (TPSA) is 0 Å². The van der Waals surface area contributed by atoms with Gasteiger partial charge in [-0.15, -0.1) is 6.58 Å². The van der Waals surface area contributed by atoms with E-state index in [-0.39, 0.29) is 5.31 Å². The fraction of sp³-hybridized carbons (Fsp3) is 0.467. The van der Waals surface area contributed by atoms with Gasteiger partial charge in [-0.1, -0.05) is 74.2 Å². The van der Waals surface area contributed by atoms with Crippen molar-refractivity contribution in [3.05, 3.63) is 42.0 Å². The van der Waals surface area contributed by atoms with E-state index < -0.39 is 0 Å². The molecule has 0 N–H and O–H groups in total. The Morgan fingerprint density at radius 3 is 2.12 bits per heavy atom. The van der Waals surface area contributed by atoms with Gasteiger partial charge in [-0.25, -0.2) is 0 Å². The van der Waals surface area contributed by atoms with Crippen molar-refractivity contribution >= 4 is 12.8 Å². The molecule has 0 heterocycles. The molecule has 0 saturated carbocycles. The van der Waals surface area contributed by atoms with Crippen LogP contribution >= 0.6 is 0 Å². The molecule has 0 aliphatic rings. The molecule has 0 nitrogen and oxygen atoms in total. The molecule has 0 saturated heterocycles. The van der Waals surface area contributed by atoms with E-state index >= 15 is 0 Å². The first-order valence-electron chi connectivity index (χ1n) is 6.12. The van der Waals surface area contributed by atoms with Gasteiger partial charge in [0.2, 0.25) is 0 Å². The molecule has 0 aliphatic carbocycles. The van der Waals surface area contributed by atoms with Gasteiger partial charge < -0.3 is 0 Å². The summed E-state index contributed by atoms with van der Waals surface area (Å²) in [5.74, 6) is 0. The minimum atomic E-state index is 0.280. The fourth-order valence-corrected chi connectivity index (χ4v) is 1.73. The lowest BCUT2D eigenvalue weighted by Gasteiger charge is -2.26. The first kappa shape index (κ1) is 13.1. The summed E-state index contributed by atoms with van der Waals surface area (Å²) >= 11 is 0. The van der Waals surface area contributed by atoms with Gasteiger partial charge in [-0.05, 0) is 12.5 Å². The van der Waals surface area contributed by atoms with Gasteiger partial charge in [0.25, 0.3) is 0 Å². The van der Waals surface area contributed by atoms with Crippen molar-refractivity contribution in [2.45, 2.75) is 45.9 Å². The maximum Gasteiger partial charge on any atom is 0.158 e. The Balaban J connectivity index is 2.76. The first-order valence-corrected chi connectivity index (χ1v) is 6.12. The third-order valence-electron chi connectivity index (χ3n) is 3.56. The zero-order valence-electron chi connectivity index (χ0n) is 11.0. The van der Waals surface area contributed by atoms with Gasteiger partial charge in [0.05, 0.1) is 0 Å². The Labute approximate surface area is 101 Å². The lowest BCUT2D eigenvalue weighted by Crippen LogP contribution is -2.16. The highest BCUT2D eigenvalue weighted by molar-refractivity contribution is 6.63. The molecule has 0 atom stereocenters. The molecule has 1 rings (SSSR count). The van der Waals surface area contributed by atoms with Crippen LogP contribution in [0.25, 0.3) is 5.47 Å². The molecule has 0 fully saturated rings. The summed E-state index contributed by atoms with van der Waals surface area (Å²) in [4.78, 5) is 0. The van der Waals surface area contributed by atoms with Gasteiger partial charge in [0, 0.05) is 0 Å². The van der Waals surface area contributed by atoms with Crippen molar-refractivity contribution in [3.8, 4) is 0 Å². The highest BCUT2D eigenvalue weighted by Crippen LogP contribution is 2.35. The van der Waals surface area contributed by atoms with Gasteiger partial charge in [0.1, 0.15) is 0 Å². The second-order valence-electron chi connectivity index (χ2n) is 4.90. The van der Waals surface area contributed by atoms with Crippen molar-refractivity contribution < 1.29 is 0 Å². The van der Waals surface area contributed by atoms with Crippen LogP contribution in [0, 0.1) is 6.92 Å². The van der Waals surface area contributed by atoms with Crippen molar-refractivity contribution in [1.29, 1.82) is 0 Å². The minimum Gasteiger partial charge on any atom is -0.105 e. The van der Waals surface area contributed by atoms with Crippen LogP contribution in [0.15, 0.2) is 30.8 Å². The normalized spacial score (nSPS) is 11.2.